The molecule has 1 saturated heterocycles. The average Bonchev–Trinajstić information content (AvgIpc) is 2.80. The van der Waals surface area contributed by atoms with Gasteiger partial charge in [0.1, 0.15) is 0 Å². The van der Waals surface area contributed by atoms with Gasteiger partial charge in [0.25, 0.3) is 0 Å². The van der Waals surface area contributed by atoms with Crippen molar-refractivity contribution in [3.63, 3.8) is 0 Å². The van der Waals surface area contributed by atoms with Gasteiger partial charge in [-0.3, -0.25) is 4.90 Å². The van der Waals surface area contributed by atoms with E-state index in [9.17, 15) is 4.79 Å². The molecule has 0 bridgehead atoms. The fraction of sp³-hybridized carbons (Fsp3) is 0.632. The zero-order valence-electron chi connectivity index (χ0n) is 14.9. The molecule has 0 saturated carbocycles. The summed E-state index contributed by atoms with van der Waals surface area (Å²) in [5.41, 5.74) is 7.25. The quantitative estimate of drug-likeness (QED) is 0.833. The lowest BCUT2D eigenvalue weighted by Crippen LogP contribution is -2.42. The van der Waals surface area contributed by atoms with E-state index in [1.165, 1.54) is 24.8 Å². The summed E-state index contributed by atoms with van der Waals surface area (Å²) in [6, 6.07) is 9.39. The van der Waals surface area contributed by atoms with Crippen molar-refractivity contribution in [2.24, 2.45) is 11.7 Å². The van der Waals surface area contributed by atoms with Crippen LogP contribution in [-0.4, -0.2) is 29.1 Å². The van der Waals surface area contributed by atoms with Gasteiger partial charge < -0.3 is 11.1 Å². The summed E-state index contributed by atoms with van der Waals surface area (Å²) < 4.78 is 0. The van der Waals surface area contributed by atoms with Crippen LogP contribution in [0.4, 0.5) is 10.5 Å². The lowest BCUT2D eigenvalue weighted by molar-refractivity contribution is 0.133. The maximum atomic E-state index is 11.0. The van der Waals surface area contributed by atoms with Crippen molar-refractivity contribution in [3.05, 3.63) is 29.8 Å². The number of carbonyl (C=O) groups is 1. The summed E-state index contributed by atoms with van der Waals surface area (Å²) >= 11 is 0. The molecule has 2 unspecified atom stereocenters. The van der Waals surface area contributed by atoms with E-state index in [0.717, 1.165) is 18.0 Å². The van der Waals surface area contributed by atoms with E-state index in [-0.39, 0.29) is 0 Å². The molecule has 4 nitrogen and oxygen atoms in total. The Labute approximate surface area is 140 Å². The molecule has 2 amide bonds. The first kappa shape index (κ1) is 17.8. The molecule has 1 aliphatic rings. The zero-order chi connectivity index (χ0) is 17.0. The van der Waals surface area contributed by atoms with Gasteiger partial charge in [-0.1, -0.05) is 26.0 Å². The number of primary amides is 1. The van der Waals surface area contributed by atoms with Gasteiger partial charge in [0, 0.05) is 23.8 Å². The van der Waals surface area contributed by atoms with Crippen molar-refractivity contribution in [1.82, 2.24) is 4.90 Å². The van der Waals surface area contributed by atoms with Crippen LogP contribution in [0.5, 0.6) is 0 Å². The Kier molecular flexibility index (Phi) is 6.05. The lowest BCUT2D eigenvalue weighted by Gasteiger charge is -2.35. The minimum atomic E-state index is -0.510. The molecule has 128 valence electrons. The second kappa shape index (κ2) is 7.82. The molecule has 0 spiro atoms. The third-order valence-electron chi connectivity index (χ3n) is 4.68. The van der Waals surface area contributed by atoms with E-state index in [1.807, 2.05) is 18.2 Å². The second-order valence-corrected chi connectivity index (χ2v) is 7.45. The Morgan fingerprint density at radius 3 is 2.57 bits per heavy atom. The number of rotatable bonds is 6. The lowest BCUT2D eigenvalue weighted by atomic mass is 10.0. The first-order valence-corrected chi connectivity index (χ1v) is 8.79. The average molecular weight is 317 g/mol. The predicted molar refractivity (Wildman–Crippen MR) is 96.6 cm³/mol. The third kappa shape index (κ3) is 4.96. The van der Waals surface area contributed by atoms with Crippen molar-refractivity contribution in [1.29, 1.82) is 0 Å². The Morgan fingerprint density at radius 2 is 1.96 bits per heavy atom. The molecule has 4 heteroatoms. The first-order valence-electron chi connectivity index (χ1n) is 8.79. The maximum Gasteiger partial charge on any atom is 0.316 e. The number of anilines is 1. The number of benzene rings is 1. The highest BCUT2D eigenvalue weighted by molar-refractivity contribution is 5.87. The van der Waals surface area contributed by atoms with Gasteiger partial charge in [-0.25, -0.2) is 4.79 Å². The molecule has 3 N–H and O–H groups in total. The topological polar surface area (TPSA) is 58.4 Å². The number of hydrogen-bond acceptors (Lipinski definition) is 2. The molecule has 1 aromatic rings. The minimum absolute atomic E-state index is 0.510. The number of hydrogen-bond donors (Lipinski definition) is 2. The van der Waals surface area contributed by atoms with Crippen molar-refractivity contribution in [3.8, 4) is 0 Å². The normalized spacial score (nSPS) is 22.0. The smallest absolute Gasteiger partial charge is 0.316 e. The fourth-order valence-electron chi connectivity index (χ4n) is 4.01. The highest BCUT2D eigenvalue weighted by Crippen LogP contribution is 2.32. The van der Waals surface area contributed by atoms with Crippen molar-refractivity contribution in [2.45, 2.75) is 71.5 Å². The molecule has 1 aromatic carbocycles. The highest BCUT2D eigenvalue weighted by Gasteiger charge is 2.35. The number of amides is 2. The molecule has 1 heterocycles. The van der Waals surface area contributed by atoms with Crippen LogP contribution in [0, 0.1) is 5.92 Å². The number of nitrogens with two attached hydrogens (primary N) is 1. The highest BCUT2D eigenvalue weighted by atomic mass is 16.2. The molecule has 2 atom stereocenters. The van der Waals surface area contributed by atoms with Gasteiger partial charge in [-0.2, -0.15) is 0 Å². The number of likely N-dealkylation sites (tertiary alicyclic amines) is 1. The monoisotopic (exact) mass is 317 g/mol. The number of nitrogens with zero attached hydrogens (tertiary/aromatic N) is 1. The van der Waals surface area contributed by atoms with Crippen LogP contribution in [0.3, 0.4) is 0 Å². The summed E-state index contributed by atoms with van der Waals surface area (Å²) in [5.74, 6) is 0.739. The van der Waals surface area contributed by atoms with Crippen LogP contribution < -0.4 is 11.1 Å². The molecule has 1 aliphatic heterocycles. The SMILES string of the molecule is CC(C)CC1CCC(Cc2cccc(NC(N)=O)c2)N1C(C)C. The van der Waals surface area contributed by atoms with Crippen molar-refractivity contribution >= 4 is 11.7 Å². The number of carbonyl (C=O) groups excluding carboxylic acids is 1. The summed E-state index contributed by atoms with van der Waals surface area (Å²) in [5, 5.41) is 2.66. The van der Waals surface area contributed by atoms with Gasteiger partial charge in [0.15, 0.2) is 0 Å². The largest absolute Gasteiger partial charge is 0.351 e. The molecular weight excluding hydrogens is 286 g/mol. The Balaban J connectivity index is 2.08. The predicted octanol–water partition coefficient (Wildman–Crippen LogP) is 4.01. The van der Waals surface area contributed by atoms with Crippen molar-refractivity contribution < 1.29 is 4.79 Å². The molecule has 0 aromatic heterocycles. The van der Waals surface area contributed by atoms with Crippen molar-refractivity contribution in [2.75, 3.05) is 5.32 Å². The fourth-order valence-corrected chi connectivity index (χ4v) is 4.01. The van der Waals surface area contributed by atoms with E-state index in [1.54, 1.807) is 0 Å². The molecular formula is C19H31N3O. The summed E-state index contributed by atoms with van der Waals surface area (Å²) in [6.45, 7) is 9.23. The molecule has 0 radical (unpaired) electrons. The number of urea groups is 1. The standard InChI is InChI=1S/C19H31N3O/c1-13(2)10-17-8-9-18(22(17)14(3)4)12-15-6-5-7-16(11-15)21-19(20)23/h5-7,11,13-14,17-18H,8-10,12H2,1-4H3,(H3,20,21,23). The minimum Gasteiger partial charge on any atom is -0.351 e. The Hall–Kier alpha value is -1.55. The van der Waals surface area contributed by atoms with Crippen LogP contribution in [0.2, 0.25) is 0 Å². The maximum absolute atomic E-state index is 11.0. The zero-order valence-corrected chi connectivity index (χ0v) is 14.9. The summed E-state index contributed by atoms with van der Waals surface area (Å²) in [6.07, 6.45) is 4.85. The molecule has 1 fully saturated rings. The van der Waals surface area contributed by atoms with Crippen LogP contribution >= 0.6 is 0 Å². The van der Waals surface area contributed by atoms with Gasteiger partial charge in [0.05, 0.1) is 0 Å². The molecule has 23 heavy (non-hydrogen) atoms. The molecule has 0 aliphatic carbocycles. The van der Waals surface area contributed by atoms with E-state index in [4.69, 9.17) is 5.73 Å². The van der Waals surface area contributed by atoms with Gasteiger partial charge in [-0.15, -0.1) is 0 Å². The van der Waals surface area contributed by atoms with Crippen LogP contribution in [0.25, 0.3) is 0 Å². The van der Waals surface area contributed by atoms with Gasteiger partial charge in [-0.05, 0) is 63.1 Å². The van der Waals surface area contributed by atoms with Crippen LogP contribution in [-0.2, 0) is 6.42 Å². The Bertz CT molecular complexity index is 527. The van der Waals surface area contributed by atoms with Crippen LogP contribution in [0.15, 0.2) is 24.3 Å². The van der Waals surface area contributed by atoms with E-state index >= 15 is 0 Å². The summed E-state index contributed by atoms with van der Waals surface area (Å²) in [7, 11) is 0. The summed E-state index contributed by atoms with van der Waals surface area (Å²) in [4.78, 5) is 13.7. The van der Waals surface area contributed by atoms with E-state index in [0.29, 0.717) is 18.1 Å². The number of nitrogens with one attached hydrogen (secondary N) is 1. The van der Waals surface area contributed by atoms with Gasteiger partial charge in [0.2, 0.25) is 0 Å². The van der Waals surface area contributed by atoms with E-state index in [2.05, 4.69) is 44.0 Å². The van der Waals surface area contributed by atoms with Crippen LogP contribution in [0.1, 0.15) is 52.5 Å². The Morgan fingerprint density at radius 1 is 1.26 bits per heavy atom. The molecule has 2 rings (SSSR count). The first-order chi connectivity index (χ1) is 10.9. The third-order valence-corrected chi connectivity index (χ3v) is 4.68. The van der Waals surface area contributed by atoms with Gasteiger partial charge >= 0.3 is 6.03 Å². The van der Waals surface area contributed by atoms with E-state index < -0.39 is 6.03 Å². The second-order valence-electron chi connectivity index (χ2n) is 7.45.